The van der Waals surface area contributed by atoms with Gasteiger partial charge in [0.1, 0.15) is 6.04 Å². The van der Waals surface area contributed by atoms with Crippen molar-refractivity contribution >= 4 is 13.6 Å². The van der Waals surface area contributed by atoms with Gasteiger partial charge in [0.2, 0.25) is 0 Å². The monoisotopic (exact) mass is 342 g/mol. The molecule has 10 heteroatoms. The minimum atomic E-state index is -4.42. The van der Waals surface area contributed by atoms with Crippen LogP contribution in [0.25, 0.3) is 11.3 Å². The number of benzene rings is 1. The summed E-state index contributed by atoms with van der Waals surface area (Å²) >= 11 is 0. The summed E-state index contributed by atoms with van der Waals surface area (Å²) in [7, 11) is -4.42. The van der Waals surface area contributed by atoms with Crippen LogP contribution >= 0.6 is 7.60 Å². The molecule has 2 rings (SSSR count). The van der Waals surface area contributed by atoms with Gasteiger partial charge in [0.05, 0.1) is 5.56 Å². The first-order chi connectivity index (χ1) is 10.8. The molecule has 0 bridgehead atoms. The van der Waals surface area contributed by atoms with Crippen LogP contribution in [0.3, 0.4) is 0 Å². The molecule has 9 nitrogen and oxygen atoms in total. The standard InChI is InChI=1S/C13H15N2O7P/c14-10(13(16)17)6-9-11(8-4-2-1-3-5-8)22-15-12(9)21-7-23(18,19)20/h1-5,10H,6-7,14H2,(H,16,17)(H2,18,19,20)/t10-/m1/s1. The topological polar surface area (TPSA) is 156 Å². The Labute approximate surface area is 130 Å². The molecular weight excluding hydrogens is 327 g/mol. The number of aromatic nitrogens is 1. The normalized spacial score (nSPS) is 12.8. The summed E-state index contributed by atoms with van der Waals surface area (Å²) in [5.41, 5.74) is 6.37. The Bertz CT molecular complexity index is 725. The largest absolute Gasteiger partial charge is 0.480 e. The van der Waals surface area contributed by atoms with Crippen molar-refractivity contribution in [3.63, 3.8) is 0 Å². The number of carboxylic acid groups (broad SMARTS) is 1. The lowest BCUT2D eigenvalue weighted by molar-refractivity contribution is -0.138. The summed E-state index contributed by atoms with van der Waals surface area (Å²) in [6.45, 7) is 0. The maximum Gasteiger partial charge on any atom is 0.362 e. The van der Waals surface area contributed by atoms with Crippen LogP contribution in [-0.4, -0.2) is 38.4 Å². The first-order valence-corrected chi connectivity index (χ1v) is 8.27. The van der Waals surface area contributed by atoms with Crippen molar-refractivity contribution < 1.29 is 33.5 Å². The number of carbonyl (C=O) groups is 1. The zero-order valence-electron chi connectivity index (χ0n) is 11.8. The lowest BCUT2D eigenvalue weighted by atomic mass is 10.0. The Balaban J connectivity index is 2.37. The van der Waals surface area contributed by atoms with E-state index in [1.807, 2.05) is 0 Å². The second kappa shape index (κ2) is 6.93. The van der Waals surface area contributed by atoms with Gasteiger partial charge in [-0.2, -0.15) is 0 Å². The van der Waals surface area contributed by atoms with Crippen LogP contribution in [0.2, 0.25) is 0 Å². The molecule has 1 aromatic carbocycles. The van der Waals surface area contributed by atoms with E-state index in [0.717, 1.165) is 0 Å². The van der Waals surface area contributed by atoms with E-state index < -0.39 is 26.0 Å². The Morgan fingerprint density at radius 3 is 2.57 bits per heavy atom. The van der Waals surface area contributed by atoms with Crippen LogP contribution in [0.4, 0.5) is 0 Å². The van der Waals surface area contributed by atoms with Gasteiger partial charge in [-0.3, -0.25) is 9.36 Å². The van der Waals surface area contributed by atoms with E-state index in [4.69, 9.17) is 29.9 Å². The summed E-state index contributed by atoms with van der Waals surface area (Å²) in [5, 5.41) is 12.6. The molecular formula is C13H15N2O7P. The average Bonchev–Trinajstić information content (AvgIpc) is 2.88. The highest BCUT2D eigenvalue weighted by atomic mass is 31.2. The van der Waals surface area contributed by atoms with Crippen LogP contribution in [0.15, 0.2) is 34.9 Å². The average molecular weight is 342 g/mol. The van der Waals surface area contributed by atoms with Gasteiger partial charge in [-0.05, 0) is 5.16 Å². The lowest BCUT2D eigenvalue weighted by Gasteiger charge is -2.09. The van der Waals surface area contributed by atoms with Gasteiger partial charge in [0.25, 0.3) is 5.88 Å². The fourth-order valence-corrected chi connectivity index (χ4v) is 2.15. The minimum Gasteiger partial charge on any atom is -0.480 e. The Morgan fingerprint density at radius 1 is 1.35 bits per heavy atom. The van der Waals surface area contributed by atoms with E-state index in [1.165, 1.54) is 0 Å². The summed E-state index contributed by atoms with van der Waals surface area (Å²) in [4.78, 5) is 28.7. The molecule has 0 aliphatic rings. The van der Waals surface area contributed by atoms with Crippen molar-refractivity contribution in [1.82, 2.24) is 5.16 Å². The fraction of sp³-hybridized carbons (Fsp3) is 0.231. The van der Waals surface area contributed by atoms with Crippen molar-refractivity contribution in [1.29, 1.82) is 0 Å². The highest BCUT2D eigenvalue weighted by molar-refractivity contribution is 7.51. The molecule has 0 aliphatic carbocycles. The number of hydrogen-bond acceptors (Lipinski definition) is 6. The molecule has 5 N–H and O–H groups in total. The summed E-state index contributed by atoms with van der Waals surface area (Å²) < 4.78 is 21.0. The predicted molar refractivity (Wildman–Crippen MR) is 78.8 cm³/mol. The van der Waals surface area contributed by atoms with E-state index in [1.54, 1.807) is 30.3 Å². The van der Waals surface area contributed by atoms with E-state index in [2.05, 4.69) is 5.16 Å². The number of nitrogens with two attached hydrogens (primary N) is 1. The van der Waals surface area contributed by atoms with Crippen molar-refractivity contribution in [3.8, 4) is 17.2 Å². The quantitative estimate of drug-likeness (QED) is 0.534. The Hall–Kier alpha value is -2.19. The van der Waals surface area contributed by atoms with Crippen molar-refractivity contribution in [2.75, 3.05) is 6.35 Å². The van der Waals surface area contributed by atoms with Gasteiger partial charge in [0, 0.05) is 12.0 Å². The molecule has 0 fully saturated rings. The second-order valence-corrected chi connectivity index (χ2v) is 6.34. The number of hydrogen-bond donors (Lipinski definition) is 4. The maximum absolute atomic E-state index is 11.0. The van der Waals surface area contributed by atoms with Crippen LogP contribution in [-0.2, 0) is 15.8 Å². The molecule has 0 saturated heterocycles. The molecule has 0 saturated carbocycles. The van der Waals surface area contributed by atoms with E-state index in [9.17, 15) is 9.36 Å². The molecule has 0 unspecified atom stereocenters. The summed E-state index contributed by atoms with van der Waals surface area (Å²) in [5.74, 6) is -1.18. The minimum absolute atomic E-state index is 0.167. The van der Waals surface area contributed by atoms with Gasteiger partial charge in [0.15, 0.2) is 12.1 Å². The third kappa shape index (κ3) is 4.64. The molecule has 23 heavy (non-hydrogen) atoms. The molecule has 1 atom stereocenters. The summed E-state index contributed by atoms with van der Waals surface area (Å²) in [6, 6.07) is 7.46. The van der Waals surface area contributed by atoms with Crippen molar-refractivity contribution in [2.45, 2.75) is 12.5 Å². The predicted octanol–water partition coefficient (Wildman–Crippen LogP) is 0.810. The van der Waals surface area contributed by atoms with Crippen LogP contribution in [0.1, 0.15) is 5.56 Å². The number of carboxylic acids is 1. The zero-order chi connectivity index (χ0) is 17.0. The van der Waals surface area contributed by atoms with Gasteiger partial charge < -0.3 is 29.9 Å². The van der Waals surface area contributed by atoms with E-state index >= 15 is 0 Å². The SMILES string of the molecule is N[C@H](Cc1c(OCP(=O)(O)O)noc1-c1ccccc1)C(=O)O. The molecule has 0 aliphatic heterocycles. The maximum atomic E-state index is 11.0. The zero-order valence-corrected chi connectivity index (χ0v) is 12.7. The molecule has 2 aromatic rings. The molecule has 0 spiro atoms. The van der Waals surface area contributed by atoms with Gasteiger partial charge in [-0.15, -0.1) is 0 Å². The van der Waals surface area contributed by atoms with Crippen LogP contribution in [0.5, 0.6) is 5.88 Å². The Kier molecular flexibility index (Phi) is 5.17. The number of nitrogens with zero attached hydrogens (tertiary/aromatic N) is 1. The second-order valence-electron chi connectivity index (χ2n) is 4.75. The van der Waals surface area contributed by atoms with Gasteiger partial charge in [-0.25, -0.2) is 0 Å². The third-order valence-electron chi connectivity index (χ3n) is 2.90. The van der Waals surface area contributed by atoms with Crippen molar-refractivity contribution in [2.24, 2.45) is 5.73 Å². The Morgan fingerprint density at radius 2 is 2.00 bits per heavy atom. The summed E-state index contributed by atoms with van der Waals surface area (Å²) in [6.07, 6.45) is -1.07. The number of ether oxygens (including phenoxy) is 1. The molecule has 1 heterocycles. The van der Waals surface area contributed by atoms with E-state index in [0.29, 0.717) is 5.56 Å². The van der Waals surface area contributed by atoms with E-state index in [-0.39, 0.29) is 23.6 Å². The lowest BCUT2D eigenvalue weighted by Crippen LogP contribution is -2.32. The highest BCUT2D eigenvalue weighted by Crippen LogP contribution is 2.37. The number of rotatable bonds is 7. The third-order valence-corrected chi connectivity index (χ3v) is 3.36. The first kappa shape index (κ1) is 17.2. The van der Waals surface area contributed by atoms with Gasteiger partial charge >= 0.3 is 13.6 Å². The fourth-order valence-electron chi connectivity index (χ4n) is 1.86. The molecule has 1 aromatic heterocycles. The molecule has 0 radical (unpaired) electrons. The van der Waals surface area contributed by atoms with Crippen LogP contribution in [0, 0.1) is 0 Å². The highest BCUT2D eigenvalue weighted by Gasteiger charge is 2.25. The first-order valence-electron chi connectivity index (χ1n) is 6.47. The molecule has 0 amide bonds. The van der Waals surface area contributed by atoms with Crippen LogP contribution < -0.4 is 10.5 Å². The molecule has 124 valence electrons. The smallest absolute Gasteiger partial charge is 0.362 e. The van der Waals surface area contributed by atoms with Crippen molar-refractivity contribution in [3.05, 3.63) is 35.9 Å². The number of aliphatic carboxylic acids is 1. The van der Waals surface area contributed by atoms with Gasteiger partial charge in [-0.1, -0.05) is 30.3 Å².